The van der Waals surface area contributed by atoms with Gasteiger partial charge in [0.2, 0.25) is 0 Å². The lowest BCUT2D eigenvalue weighted by atomic mass is 10.2. The van der Waals surface area contributed by atoms with Gasteiger partial charge in [-0.3, -0.25) is 9.36 Å². The molecule has 0 amide bonds. The molecule has 2 aromatic rings. The number of aromatic nitrogens is 1. The van der Waals surface area contributed by atoms with Crippen molar-refractivity contribution in [2.45, 2.75) is 0 Å². The number of hydrogen-bond donors (Lipinski definition) is 1. The fourth-order valence-electron chi connectivity index (χ4n) is 1.46. The van der Waals surface area contributed by atoms with E-state index in [1.54, 1.807) is 24.3 Å². The molecule has 5 heteroatoms. The first-order chi connectivity index (χ1) is 8.09. The van der Waals surface area contributed by atoms with Crippen LogP contribution >= 0.6 is 11.6 Å². The Morgan fingerprint density at radius 2 is 1.82 bits per heavy atom. The Morgan fingerprint density at radius 1 is 1.18 bits per heavy atom. The molecule has 86 valence electrons. The molecule has 0 spiro atoms. The summed E-state index contributed by atoms with van der Waals surface area (Å²) in [6.45, 7) is 0. The van der Waals surface area contributed by atoms with Crippen LogP contribution in [0.5, 0.6) is 0 Å². The topological polar surface area (TPSA) is 59.3 Å². The molecule has 0 saturated carbocycles. The van der Waals surface area contributed by atoms with Gasteiger partial charge in [-0.2, -0.15) is 0 Å². The van der Waals surface area contributed by atoms with Crippen LogP contribution in [0.3, 0.4) is 0 Å². The highest BCUT2D eigenvalue weighted by molar-refractivity contribution is 6.30. The summed E-state index contributed by atoms with van der Waals surface area (Å²) < 4.78 is 1.26. The Labute approximate surface area is 102 Å². The predicted molar refractivity (Wildman–Crippen MR) is 64.0 cm³/mol. The molecular weight excluding hydrogens is 242 g/mol. The first-order valence-electron chi connectivity index (χ1n) is 4.80. The van der Waals surface area contributed by atoms with Crippen LogP contribution in [0.25, 0.3) is 5.69 Å². The van der Waals surface area contributed by atoms with Gasteiger partial charge >= 0.3 is 5.97 Å². The monoisotopic (exact) mass is 249 g/mol. The Morgan fingerprint density at radius 3 is 2.41 bits per heavy atom. The highest BCUT2D eigenvalue weighted by Crippen LogP contribution is 2.12. The van der Waals surface area contributed by atoms with Crippen molar-refractivity contribution >= 4 is 17.6 Å². The molecule has 0 unspecified atom stereocenters. The highest BCUT2D eigenvalue weighted by atomic mass is 35.5. The molecule has 17 heavy (non-hydrogen) atoms. The van der Waals surface area contributed by atoms with Crippen molar-refractivity contribution in [3.05, 3.63) is 63.5 Å². The summed E-state index contributed by atoms with van der Waals surface area (Å²) in [7, 11) is 0. The number of pyridine rings is 1. The van der Waals surface area contributed by atoms with Crippen molar-refractivity contribution in [2.24, 2.45) is 0 Å². The van der Waals surface area contributed by atoms with Crippen molar-refractivity contribution in [1.29, 1.82) is 0 Å². The van der Waals surface area contributed by atoms with Gasteiger partial charge in [0.05, 0.1) is 0 Å². The van der Waals surface area contributed by atoms with Crippen LogP contribution in [0, 0.1) is 0 Å². The minimum Gasteiger partial charge on any atom is -0.477 e. The minimum absolute atomic E-state index is 0.262. The zero-order valence-corrected chi connectivity index (χ0v) is 9.39. The quantitative estimate of drug-likeness (QED) is 0.888. The zero-order chi connectivity index (χ0) is 12.4. The van der Waals surface area contributed by atoms with Gasteiger partial charge in [0.25, 0.3) is 5.56 Å². The van der Waals surface area contributed by atoms with Crippen LogP contribution < -0.4 is 5.56 Å². The average molecular weight is 250 g/mol. The van der Waals surface area contributed by atoms with Gasteiger partial charge in [0, 0.05) is 16.9 Å². The minimum atomic E-state index is -1.24. The molecule has 0 bridgehead atoms. The van der Waals surface area contributed by atoms with Crippen molar-refractivity contribution in [1.82, 2.24) is 4.57 Å². The third kappa shape index (κ3) is 2.21. The summed E-state index contributed by atoms with van der Waals surface area (Å²) in [5.41, 5.74) is -0.257. The standard InChI is InChI=1S/C12H8ClNO3/c13-8-3-5-9(6-4-8)14-7-1-2-10(11(14)15)12(16)17/h1-7H,(H,16,17). The maximum absolute atomic E-state index is 11.8. The summed E-state index contributed by atoms with van der Waals surface area (Å²) in [5, 5.41) is 9.40. The normalized spacial score (nSPS) is 10.2. The summed E-state index contributed by atoms with van der Waals surface area (Å²) in [6, 6.07) is 9.36. The van der Waals surface area contributed by atoms with Gasteiger partial charge in [-0.15, -0.1) is 0 Å². The van der Waals surface area contributed by atoms with Crippen molar-refractivity contribution in [2.75, 3.05) is 0 Å². The molecule has 0 atom stereocenters. The average Bonchev–Trinajstić information content (AvgIpc) is 2.30. The van der Waals surface area contributed by atoms with E-state index in [1.807, 2.05) is 0 Å². The van der Waals surface area contributed by atoms with E-state index in [0.717, 1.165) is 0 Å². The lowest BCUT2D eigenvalue weighted by molar-refractivity contribution is 0.0694. The second-order valence-corrected chi connectivity index (χ2v) is 3.82. The van der Waals surface area contributed by atoms with Crippen molar-refractivity contribution < 1.29 is 9.90 Å². The molecule has 0 aliphatic carbocycles. The van der Waals surface area contributed by atoms with E-state index in [2.05, 4.69) is 0 Å². The van der Waals surface area contributed by atoms with Crippen LogP contribution in [0.4, 0.5) is 0 Å². The summed E-state index contributed by atoms with van der Waals surface area (Å²) >= 11 is 5.74. The number of carboxylic acid groups (broad SMARTS) is 1. The van der Waals surface area contributed by atoms with E-state index in [9.17, 15) is 9.59 Å². The molecule has 1 aromatic heterocycles. The number of rotatable bonds is 2. The number of carboxylic acids is 1. The van der Waals surface area contributed by atoms with Gasteiger partial charge in [0.15, 0.2) is 0 Å². The number of nitrogens with zero attached hydrogens (tertiary/aromatic N) is 1. The largest absolute Gasteiger partial charge is 0.477 e. The fourth-order valence-corrected chi connectivity index (χ4v) is 1.59. The van der Waals surface area contributed by atoms with Crippen LogP contribution in [-0.2, 0) is 0 Å². The molecule has 0 saturated heterocycles. The van der Waals surface area contributed by atoms with Crippen LogP contribution in [-0.4, -0.2) is 15.6 Å². The molecule has 4 nitrogen and oxygen atoms in total. The number of hydrogen-bond acceptors (Lipinski definition) is 2. The molecule has 2 rings (SSSR count). The number of carbonyl (C=O) groups is 1. The molecule has 1 N–H and O–H groups in total. The van der Waals surface area contributed by atoms with E-state index in [-0.39, 0.29) is 5.56 Å². The smallest absolute Gasteiger partial charge is 0.341 e. The Bertz CT molecular complexity index is 616. The van der Waals surface area contributed by atoms with E-state index in [0.29, 0.717) is 10.7 Å². The van der Waals surface area contributed by atoms with E-state index >= 15 is 0 Å². The SMILES string of the molecule is O=C(O)c1cccn(-c2ccc(Cl)cc2)c1=O. The van der Waals surface area contributed by atoms with Crippen LogP contribution in [0.15, 0.2) is 47.4 Å². The molecule has 0 aliphatic heterocycles. The third-order valence-corrected chi connectivity index (χ3v) is 2.53. The Hall–Kier alpha value is -2.07. The van der Waals surface area contributed by atoms with Gasteiger partial charge in [0.1, 0.15) is 5.56 Å². The van der Waals surface area contributed by atoms with Gasteiger partial charge in [-0.25, -0.2) is 4.79 Å². The molecule has 1 aromatic carbocycles. The summed E-state index contributed by atoms with van der Waals surface area (Å²) in [5.74, 6) is -1.24. The fraction of sp³-hybridized carbons (Fsp3) is 0. The summed E-state index contributed by atoms with van der Waals surface area (Å²) in [4.78, 5) is 22.7. The number of aromatic carboxylic acids is 1. The number of benzene rings is 1. The van der Waals surface area contributed by atoms with E-state index in [4.69, 9.17) is 16.7 Å². The molecule has 0 fully saturated rings. The molecule has 0 radical (unpaired) electrons. The number of halogens is 1. The second-order valence-electron chi connectivity index (χ2n) is 3.38. The van der Waals surface area contributed by atoms with Crippen LogP contribution in [0.1, 0.15) is 10.4 Å². The molecule has 0 aliphatic rings. The van der Waals surface area contributed by atoms with E-state index in [1.165, 1.54) is 22.9 Å². The van der Waals surface area contributed by atoms with Crippen molar-refractivity contribution in [3.8, 4) is 5.69 Å². The van der Waals surface area contributed by atoms with E-state index < -0.39 is 11.5 Å². The lowest BCUT2D eigenvalue weighted by Crippen LogP contribution is -2.24. The van der Waals surface area contributed by atoms with Crippen LogP contribution in [0.2, 0.25) is 5.02 Å². The highest BCUT2D eigenvalue weighted by Gasteiger charge is 2.10. The predicted octanol–water partition coefficient (Wildman–Crippen LogP) is 2.19. The zero-order valence-electron chi connectivity index (χ0n) is 8.63. The molecular formula is C12H8ClNO3. The summed E-state index contributed by atoms with van der Waals surface area (Å²) in [6.07, 6.45) is 1.51. The Kier molecular flexibility index (Phi) is 2.97. The van der Waals surface area contributed by atoms with Gasteiger partial charge in [-0.05, 0) is 36.4 Å². The third-order valence-electron chi connectivity index (χ3n) is 2.28. The van der Waals surface area contributed by atoms with Gasteiger partial charge in [-0.1, -0.05) is 11.6 Å². The maximum atomic E-state index is 11.8. The maximum Gasteiger partial charge on any atom is 0.341 e. The molecule has 1 heterocycles. The first kappa shape index (κ1) is 11.4. The van der Waals surface area contributed by atoms with Crippen molar-refractivity contribution in [3.63, 3.8) is 0 Å². The second kappa shape index (κ2) is 4.43. The lowest BCUT2D eigenvalue weighted by Gasteiger charge is -2.06. The van der Waals surface area contributed by atoms with Gasteiger partial charge < -0.3 is 5.11 Å². The Balaban J connectivity index is 2.61. The first-order valence-corrected chi connectivity index (χ1v) is 5.18.